The summed E-state index contributed by atoms with van der Waals surface area (Å²) in [6, 6.07) is 0. The quantitative estimate of drug-likeness (QED) is 0.561. The summed E-state index contributed by atoms with van der Waals surface area (Å²) in [5.74, 6) is 0.350. The van der Waals surface area contributed by atoms with Gasteiger partial charge in [-0.1, -0.05) is 20.3 Å². The Bertz CT molecular complexity index is 758. The molecule has 1 aliphatic heterocycles. The standard InChI is InChI=1S/C15H23N5O4/c1-3-5-6-16-15-18-12-9(13(23)19-15)17-7-20(12)14-11(22)10(21)8(4-2)24-14/h7-8,10-11,14,21-22H,3-6H2,1-2H3,(H2,16,18,19,23)/t8-,10+,11?,14-/m1/s1. The van der Waals surface area contributed by atoms with Crippen LogP contribution < -0.4 is 10.9 Å². The lowest BCUT2D eigenvalue weighted by Crippen LogP contribution is -2.31. The van der Waals surface area contributed by atoms with Crippen LogP contribution >= 0.6 is 0 Å². The average Bonchev–Trinajstić information content (AvgIpc) is 3.10. The molecule has 24 heavy (non-hydrogen) atoms. The smallest absolute Gasteiger partial charge is 0.280 e. The Hall–Kier alpha value is -1.97. The van der Waals surface area contributed by atoms with Gasteiger partial charge in [0.15, 0.2) is 17.4 Å². The van der Waals surface area contributed by atoms with Gasteiger partial charge in [-0.25, -0.2) is 4.98 Å². The van der Waals surface area contributed by atoms with Crippen LogP contribution in [0, 0.1) is 0 Å². The van der Waals surface area contributed by atoms with Crippen molar-refractivity contribution in [3.8, 4) is 0 Å². The molecule has 0 bridgehead atoms. The number of aromatic amines is 1. The molecule has 0 amide bonds. The second kappa shape index (κ2) is 6.88. The summed E-state index contributed by atoms with van der Waals surface area (Å²) in [6.45, 7) is 4.64. The molecule has 4 N–H and O–H groups in total. The molecule has 2 aromatic heterocycles. The first kappa shape index (κ1) is 16.9. The van der Waals surface area contributed by atoms with Gasteiger partial charge >= 0.3 is 0 Å². The Balaban J connectivity index is 1.95. The van der Waals surface area contributed by atoms with E-state index in [1.807, 2.05) is 6.92 Å². The third-order valence-corrected chi connectivity index (χ3v) is 4.27. The molecule has 0 aliphatic carbocycles. The molecule has 1 saturated heterocycles. The summed E-state index contributed by atoms with van der Waals surface area (Å²) in [4.78, 5) is 23.3. The highest BCUT2D eigenvalue weighted by Gasteiger charge is 2.43. The lowest BCUT2D eigenvalue weighted by atomic mass is 10.1. The van der Waals surface area contributed by atoms with Crippen LogP contribution in [0.25, 0.3) is 11.2 Å². The highest BCUT2D eigenvalue weighted by molar-refractivity contribution is 5.70. The maximum atomic E-state index is 12.2. The Labute approximate surface area is 138 Å². The van der Waals surface area contributed by atoms with Gasteiger partial charge in [-0.05, 0) is 12.8 Å². The Kier molecular flexibility index (Phi) is 4.83. The maximum Gasteiger partial charge on any atom is 0.280 e. The Morgan fingerprint density at radius 1 is 1.38 bits per heavy atom. The van der Waals surface area contributed by atoms with Crippen molar-refractivity contribution in [3.05, 3.63) is 16.7 Å². The number of aromatic nitrogens is 4. The number of ether oxygens (including phenoxy) is 1. The van der Waals surface area contributed by atoms with Crippen LogP contribution in [-0.4, -0.2) is 54.6 Å². The molecule has 0 spiro atoms. The molecular weight excluding hydrogens is 314 g/mol. The fraction of sp³-hybridized carbons (Fsp3) is 0.667. The zero-order chi connectivity index (χ0) is 17.3. The monoisotopic (exact) mass is 337 g/mol. The minimum atomic E-state index is -1.11. The van der Waals surface area contributed by atoms with Crippen molar-refractivity contribution in [2.75, 3.05) is 11.9 Å². The van der Waals surface area contributed by atoms with Crippen LogP contribution in [0.4, 0.5) is 5.95 Å². The van der Waals surface area contributed by atoms with Crippen molar-refractivity contribution in [1.29, 1.82) is 0 Å². The van der Waals surface area contributed by atoms with Gasteiger partial charge in [0, 0.05) is 6.54 Å². The highest BCUT2D eigenvalue weighted by atomic mass is 16.6. The largest absolute Gasteiger partial charge is 0.388 e. The van der Waals surface area contributed by atoms with Gasteiger partial charge in [0.2, 0.25) is 5.95 Å². The van der Waals surface area contributed by atoms with E-state index in [2.05, 4.69) is 27.2 Å². The van der Waals surface area contributed by atoms with Crippen molar-refractivity contribution < 1.29 is 14.9 Å². The van der Waals surface area contributed by atoms with E-state index in [4.69, 9.17) is 4.74 Å². The number of nitrogens with zero attached hydrogens (tertiary/aromatic N) is 3. The highest BCUT2D eigenvalue weighted by Crippen LogP contribution is 2.32. The molecule has 2 aromatic rings. The molecule has 4 atom stereocenters. The second-order valence-corrected chi connectivity index (χ2v) is 5.97. The molecular formula is C15H23N5O4. The lowest BCUT2D eigenvalue weighted by Gasteiger charge is -2.16. The summed E-state index contributed by atoms with van der Waals surface area (Å²) < 4.78 is 7.22. The van der Waals surface area contributed by atoms with Crippen LogP contribution in [0.1, 0.15) is 39.3 Å². The topological polar surface area (TPSA) is 125 Å². The summed E-state index contributed by atoms with van der Waals surface area (Å²) in [5.41, 5.74) is 0.116. The molecule has 3 rings (SSSR count). The molecule has 0 saturated carbocycles. The van der Waals surface area contributed by atoms with E-state index in [1.54, 1.807) is 0 Å². The third kappa shape index (κ3) is 2.90. The first-order valence-electron chi connectivity index (χ1n) is 8.29. The zero-order valence-electron chi connectivity index (χ0n) is 13.8. The number of nitrogens with one attached hydrogen (secondary N) is 2. The van der Waals surface area contributed by atoms with E-state index in [9.17, 15) is 15.0 Å². The number of hydrogen-bond donors (Lipinski definition) is 4. The molecule has 9 heteroatoms. The minimum absolute atomic E-state index is 0.168. The number of aliphatic hydroxyl groups excluding tert-OH is 2. The van der Waals surface area contributed by atoms with Crippen LogP contribution in [0.2, 0.25) is 0 Å². The number of aliphatic hydroxyl groups is 2. The Morgan fingerprint density at radius 2 is 2.17 bits per heavy atom. The van der Waals surface area contributed by atoms with Crippen molar-refractivity contribution in [2.24, 2.45) is 0 Å². The second-order valence-electron chi connectivity index (χ2n) is 5.97. The first-order chi connectivity index (χ1) is 11.6. The summed E-state index contributed by atoms with van der Waals surface area (Å²) >= 11 is 0. The molecule has 1 unspecified atom stereocenters. The number of anilines is 1. The lowest BCUT2D eigenvalue weighted by molar-refractivity contribution is -0.0355. The minimum Gasteiger partial charge on any atom is -0.388 e. The van der Waals surface area contributed by atoms with E-state index in [-0.39, 0.29) is 11.1 Å². The average molecular weight is 337 g/mol. The fourth-order valence-electron chi connectivity index (χ4n) is 2.88. The van der Waals surface area contributed by atoms with Gasteiger partial charge in [-0.3, -0.25) is 14.3 Å². The summed E-state index contributed by atoms with van der Waals surface area (Å²) in [5, 5.41) is 23.4. The molecule has 1 aliphatic rings. The number of imidazole rings is 1. The summed E-state index contributed by atoms with van der Waals surface area (Å²) in [6.07, 6.45) is 0.567. The van der Waals surface area contributed by atoms with Gasteiger partial charge in [0.1, 0.15) is 12.2 Å². The molecule has 3 heterocycles. The fourth-order valence-corrected chi connectivity index (χ4v) is 2.88. The van der Waals surface area contributed by atoms with Crippen molar-refractivity contribution >= 4 is 17.1 Å². The van der Waals surface area contributed by atoms with Gasteiger partial charge in [0.25, 0.3) is 5.56 Å². The van der Waals surface area contributed by atoms with Crippen LogP contribution in [-0.2, 0) is 4.74 Å². The van der Waals surface area contributed by atoms with Crippen molar-refractivity contribution in [2.45, 2.75) is 57.6 Å². The van der Waals surface area contributed by atoms with E-state index in [0.29, 0.717) is 24.6 Å². The summed E-state index contributed by atoms with van der Waals surface area (Å²) in [7, 11) is 0. The number of fused-ring (bicyclic) bond motifs is 1. The zero-order valence-corrected chi connectivity index (χ0v) is 13.8. The Morgan fingerprint density at radius 3 is 2.83 bits per heavy atom. The molecule has 9 nitrogen and oxygen atoms in total. The molecule has 132 valence electrons. The van der Waals surface area contributed by atoms with E-state index in [0.717, 1.165) is 12.8 Å². The van der Waals surface area contributed by atoms with E-state index < -0.39 is 24.5 Å². The normalized spacial score (nSPS) is 27.0. The van der Waals surface area contributed by atoms with Gasteiger partial charge in [0.05, 0.1) is 12.4 Å². The molecule has 0 radical (unpaired) electrons. The SMILES string of the molecule is CCCCNc1nc2c(ncn2[C@@H]2O[C@H](CC)[C@H](O)C2O)c(=O)[nH]1. The van der Waals surface area contributed by atoms with Crippen molar-refractivity contribution in [1.82, 2.24) is 19.5 Å². The van der Waals surface area contributed by atoms with Crippen LogP contribution in [0.5, 0.6) is 0 Å². The van der Waals surface area contributed by atoms with Gasteiger partial charge in [-0.15, -0.1) is 0 Å². The third-order valence-electron chi connectivity index (χ3n) is 4.27. The van der Waals surface area contributed by atoms with E-state index >= 15 is 0 Å². The molecule has 1 fully saturated rings. The van der Waals surface area contributed by atoms with E-state index in [1.165, 1.54) is 10.9 Å². The first-order valence-corrected chi connectivity index (χ1v) is 8.29. The van der Waals surface area contributed by atoms with Crippen LogP contribution in [0.3, 0.4) is 0 Å². The van der Waals surface area contributed by atoms with Gasteiger partial charge in [-0.2, -0.15) is 4.98 Å². The van der Waals surface area contributed by atoms with Gasteiger partial charge < -0.3 is 20.3 Å². The number of hydrogen-bond acceptors (Lipinski definition) is 7. The predicted octanol–water partition coefficient (Wildman–Crippen LogP) is 0.361. The number of H-pyrrole nitrogens is 1. The maximum absolute atomic E-state index is 12.2. The number of rotatable bonds is 6. The van der Waals surface area contributed by atoms with Crippen LogP contribution in [0.15, 0.2) is 11.1 Å². The predicted molar refractivity (Wildman–Crippen MR) is 87.8 cm³/mol. The molecule has 0 aromatic carbocycles. The van der Waals surface area contributed by atoms with Crippen molar-refractivity contribution in [3.63, 3.8) is 0 Å². The number of unbranched alkanes of at least 4 members (excludes halogenated alkanes) is 1.